The van der Waals surface area contributed by atoms with Crippen LogP contribution in [-0.4, -0.2) is 37.1 Å². The summed E-state index contributed by atoms with van der Waals surface area (Å²) >= 11 is 0. The van der Waals surface area contributed by atoms with Gasteiger partial charge in [-0.3, -0.25) is 4.79 Å². The molecule has 0 spiro atoms. The fourth-order valence-electron chi connectivity index (χ4n) is 3.86. The second-order valence-corrected chi connectivity index (χ2v) is 7.94. The Morgan fingerprint density at radius 2 is 1.97 bits per heavy atom. The predicted molar refractivity (Wildman–Crippen MR) is 107 cm³/mol. The number of hydrogen-bond acceptors (Lipinski definition) is 4. The Bertz CT molecular complexity index is 911. The third-order valence-electron chi connectivity index (χ3n) is 5.64. The van der Waals surface area contributed by atoms with E-state index in [4.69, 9.17) is 4.74 Å². The Labute approximate surface area is 173 Å². The van der Waals surface area contributed by atoms with Gasteiger partial charge in [0.1, 0.15) is 5.69 Å². The van der Waals surface area contributed by atoms with Crippen LogP contribution < -0.4 is 15.0 Å². The first-order valence-electron chi connectivity index (χ1n) is 10.1. The maximum Gasteiger partial charge on any atom is 0.417 e. The van der Waals surface area contributed by atoms with Crippen LogP contribution in [0.2, 0.25) is 0 Å². The van der Waals surface area contributed by atoms with Crippen molar-refractivity contribution < 1.29 is 22.7 Å². The number of rotatable bonds is 6. The number of hydrogen-bond donors (Lipinski definition) is 1. The molecule has 1 saturated carbocycles. The summed E-state index contributed by atoms with van der Waals surface area (Å²) in [5.74, 6) is 0.737. The monoisotopic (exact) mass is 419 g/mol. The van der Waals surface area contributed by atoms with Gasteiger partial charge >= 0.3 is 6.18 Å². The van der Waals surface area contributed by atoms with Crippen molar-refractivity contribution in [1.82, 2.24) is 10.3 Å². The van der Waals surface area contributed by atoms with E-state index in [2.05, 4.69) is 22.4 Å². The molecule has 0 bridgehead atoms. The molecule has 0 unspecified atom stereocenters. The Hall–Kier alpha value is -2.77. The molecule has 1 aromatic heterocycles. The van der Waals surface area contributed by atoms with Crippen LogP contribution in [0.1, 0.15) is 41.9 Å². The molecule has 2 aliphatic rings. The van der Waals surface area contributed by atoms with Gasteiger partial charge in [-0.05, 0) is 42.4 Å². The molecular formula is C22H24F3N3O2. The largest absolute Gasteiger partial charge is 0.480 e. The number of halogens is 3. The fraction of sp³-hybridized carbons (Fsp3) is 0.455. The number of carbonyl (C=O) groups excluding carboxylic acids is 1. The van der Waals surface area contributed by atoms with Crippen LogP contribution in [0.3, 0.4) is 0 Å². The first kappa shape index (κ1) is 20.5. The van der Waals surface area contributed by atoms with Gasteiger partial charge in [0.05, 0.1) is 19.1 Å². The summed E-state index contributed by atoms with van der Waals surface area (Å²) in [5, 5.41) is 3.00. The number of alkyl halides is 3. The Morgan fingerprint density at radius 3 is 2.60 bits per heavy atom. The van der Waals surface area contributed by atoms with Gasteiger partial charge in [-0.15, -0.1) is 0 Å². The van der Waals surface area contributed by atoms with Gasteiger partial charge in [0, 0.05) is 25.3 Å². The molecule has 30 heavy (non-hydrogen) atoms. The highest BCUT2D eigenvalue weighted by Gasteiger charge is 2.34. The molecule has 8 heteroatoms. The van der Waals surface area contributed by atoms with Crippen LogP contribution in [0, 0.1) is 0 Å². The molecule has 1 aliphatic carbocycles. The van der Waals surface area contributed by atoms with Crippen LogP contribution in [0.25, 0.3) is 0 Å². The lowest BCUT2D eigenvalue weighted by Crippen LogP contribution is -2.38. The maximum atomic E-state index is 13.1. The van der Waals surface area contributed by atoms with Gasteiger partial charge in [0.25, 0.3) is 0 Å². The van der Waals surface area contributed by atoms with E-state index >= 15 is 0 Å². The second kappa shape index (κ2) is 8.16. The summed E-state index contributed by atoms with van der Waals surface area (Å²) in [6.45, 7) is 0.923. The Morgan fingerprint density at radius 1 is 1.23 bits per heavy atom. The number of ether oxygens (including phenoxy) is 1. The van der Waals surface area contributed by atoms with Crippen molar-refractivity contribution in [2.45, 2.75) is 43.8 Å². The molecule has 1 atom stereocenters. The topological polar surface area (TPSA) is 54.5 Å². The van der Waals surface area contributed by atoms with Crippen LogP contribution in [0.4, 0.5) is 18.9 Å². The SMILES string of the molecule is COc1ncc(C(F)(F)F)cc1N1CC[C@@H](NC(=O)Cc2ccc(C3CC3)cc2)C1. The highest BCUT2D eigenvalue weighted by molar-refractivity contribution is 5.79. The summed E-state index contributed by atoms with van der Waals surface area (Å²) in [5.41, 5.74) is 1.75. The van der Waals surface area contributed by atoms with E-state index in [1.807, 2.05) is 12.1 Å². The van der Waals surface area contributed by atoms with Crippen molar-refractivity contribution in [1.29, 1.82) is 0 Å². The minimum Gasteiger partial charge on any atom is -0.480 e. The first-order chi connectivity index (χ1) is 14.3. The van der Waals surface area contributed by atoms with Gasteiger partial charge in [-0.2, -0.15) is 13.2 Å². The molecule has 2 heterocycles. The van der Waals surface area contributed by atoms with Crippen molar-refractivity contribution in [3.63, 3.8) is 0 Å². The van der Waals surface area contributed by atoms with Gasteiger partial charge in [-0.1, -0.05) is 24.3 Å². The molecule has 1 aromatic carbocycles. The number of nitrogens with one attached hydrogen (secondary N) is 1. The standard InChI is InChI=1S/C22H24F3N3O2/c1-30-21-19(11-17(12-26-21)22(23,24)25)28-9-8-18(13-28)27-20(29)10-14-2-4-15(5-3-14)16-6-7-16/h2-5,11-12,16,18H,6-10,13H2,1H3,(H,27,29)/t18-/m1/s1. The third-order valence-corrected chi connectivity index (χ3v) is 5.64. The van der Waals surface area contributed by atoms with E-state index in [0.717, 1.165) is 17.8 Å². The number of aromatic nitrogens is 1. The van der Waals surface area contributed by atoms with Crippen molar-refractivity contribution in [2.75, 3.05) is 25.1 Å². The van der Waals surface area contributed by atoms with E-state index in [1.54, 1.807) is 4.90 Å². The molecule has 1 aliphatic heterocycles. The van der Waals surface area contributed by atoms with Gasteiger partial charge in [0.2, 0.25) is 11.8 Å². The minimum absolute atomic E-state index is 0.0878. The lowest BCUT2D eigenvalue weighted by atomic mass is 10.1. The molecular weight excluding hydrogens is 395 g/mol. The quantitative estimate of drug-likeness (QED) is 0.771. The van der Waals surface area contributed by atoms with Crippen LogP contribution in [0.5, 0.6) is 5.88 Å². The van der Waals surface area contributed by atoms with E-state index in [0.29, 0.717) is 31.1 Å². The van der Waals surface area contributed by atoms with Crippen LogP contribution >= 0.6 is 0 Å². The molecule has 0 radical (unpaired) electrons. The number of methoxy groups -OCH3 is 1. The highest BCUT2D eigenvalue weighted by Crippen LogP contribution is 2.40. The fourth-order valence-corrected chi connectivity index (χ4v) is 3.86. The number of carbonyl (C=O) groups is 1. The number of anilines is 1. The van der Waals surface area contributed by atoms with E-state index < -0.39 is 11.7 Å². The normalized spacial score (nSPS) is 19.1. The molecule has 2 aromatic rings. The maximum absolute atomic E-state index is 13.1. The second-order valence-electron chi connectivity index (χ2n) is 7.94. The predicted octanol–water partition coefficient (Wildman–Crippen LogP) is 3.92. The molecule has 1 saturated heterocycles. The molecule has 160 valence electrons. The lowest BCUT2D eigenvalue weighted by Gasteiger charge is -2.22. The molecule has 1 amide bonds. The number of nitrogens with zero attached hydrogens (tertiary/aromatic N) is 2. The zero-order chi connectivity index (χ0) is 21.3. The summed E-state index contributed by atoms with van der Waals surface area (Å²) in [7, 11) is 1.38. The Kier molecular flexibility index (Phi) is 5.58. The van der Waals surface area contributed by atoms with E-state index in [-0.39, 0.29) is 24.2 Å². The van der Waals surface area contributed by atoms with Crippen molar-refractivity contribution in [3.05, 3.63) is 53.2 Å². The molecule has 5 nitrogen and oxygen atoms in total. The van der Waals surface area contributed by atoms with Gasteiger partial charge < -0.3 is 15.0 Å². The Balaban J connectivity index is 1.36. The summed E-state index contributed by atoms with van der Waals surface area (Å²) < 4.78 is 44.3. The molecule has 4 rings (SSSR count). The zero-order valence-corrected chi connectivity index (χ0v) is 16.7. The minimum atomic E-state index is -4.48. The van der Waals surface area contributed by atoms with Crippen molar-refractivity contribution >= 4 is 11.6 Å². The average molecular weight is 419 g/mol. The number of pyridine rings is 1. The lowest BCUT2D eigenvalue weighted by molar-refractivity contribution is -0.137. The third kappa shape index (κ3) is 4.68. The van der Waals surface area contributed by atoms with Crippen molar-refractivity contribution in [3.8, 4) is 5.88 Å². The summed E-state index contributed by atoms with van der Waals surface area (Å²) in [4.78, 5) is 18.0. The average Bonchev–Trinajstić information content (AvgIpc) is 3.46. The van der Waals surface area contributed by atoms with Gasteiger partial charge in [-0.25, -0.2) is 4.98 Å². The highest BCUT2D eigenvalue weighted by atomic mass is 19.4. The smallest absolute Gasteiger partial charge is 0.417 e. The number of amides is 1. The van der Waals surface area contributed by atoms with Gasteiger partial charge in [0.15, 0.2) is 0 Å². The van der Waals surface area contributed by atoms with E-state index in [9.17, 15) is 18.0 Å². The number of benzene rings is 1. The van der Waals surface area contributed by atoms with Crippen LogP contribution in [-0.2, 0) is 17.4 Å². The first-order valence-corrected chi connectivity index (χ1v) is 10.1. The van der Waals surface area contributed by atoms with E-state index in [1.165, 1.54) is 25.5 Å². The summed E-state index contributed by atoms with van der Waals surface area (Å²) in [6, 6.07) is 9.08. The van der Waals surface area contributed by atoms with Crippen LogP contribution in [0.15, 0.2) is 36.5 Å². The summed E-state index contributed by atoms with van der Waals surface area (Å²) in [6.07, 6.45) is -0.293. The van der Waals surface area contributed by atoms with Crippen molar-refractivity contribution in [2.24, 2.45) is 0 Å². The molecule has 1 N–H and O–H groups in total. The zero-order valence-electron chi connectivity index (χ0n) is 16.7. The molecule has 2 fully saturated rings.